The molecule has 0 aliphatic rings. The minimum absolute atomic E-state index is 0.235. The zero-order chi connectivity index (χ0) is 22.8. The van der Waals surface area contributed by atoms with E-state index in [-0.39, 0.29) is 24.2 Å². The number of benzene rings is 2. The van der Waals surface area contributed by atoms with E-state index in [4.69, 9.17) is 0 Å². The molecule has 2 N–H and O–H groups in total. The summed E-state index contributed by atoms with van der Waals surface area (Å²) in [6.45, 7) is 5.19. The highest BCUT2D eigenvalue weighted by atomic mass is 19.1. The third kappa shape index (κ3) is 4.22. The van der Waals surface area contributed by atoms with Gasteiger partial charge in [-0.15, -0.1) is 5.10 Å². The van der Waals surface area contributed by atoms with Crippen molar-refractivity contribution < 1.29 is 9.18 Å². The fraction of sp³-hybridized carbons (Fsp3) is 0.217. The highest BCUT2D eigenvalue weighted by Crippen LogP contribution is 2.19. The maximum Gasteiger partial charge on any atom is 0.353 e. The van der Waals surface area contributed by atoms with Gasteiger partial charge in [0, 0.05) is 23.1 Å². The minimum Gasteiger partial charge on any atom is -0.325 e. The lowest BCUT2D eigenvalue weighted by Gasteiger charge is -2.09. The van der Waals surface area contributed by atoms with Crippen molar-refractivity contribution in [2.24, 2.45) is 0 Å². The number of anilines is 3. The number of nitrogens with zero attached hydrogens (tertiary/aromatic N) is 4. The van der Waals surface area contributed by atoms with Crippen LogP contribution in [0.1, 0.15) is 23.7 Å². The van der Waals surface area contributed by atoms with Crippen LogP contribution in [0.5, 0.6) is 0 Å². The molecule has 2 aromatic carbocycles. The Kier molecular flexibility index (Phi) is 5.72. The molecule has 2 aromatic heterocycles. The number of carbonyl (C=O) groups excluding carboxylic acids is 1. The molecule has 0 bridgehead atoms. The molecular formula is C23H23FN6O2. The van der Waals surface area contributed by atoms with Crippen LogP contribution in [0.25, 0.3) is 5.65 Å². The van der Waals surface area contributed by atoms with E-state index in [9.17, 15) is 14.0 Å². The number of halogens is 1. The fourth-order valence-electron chi connectivity index (χ4n) is 3.47. The fourth-order valence-corrected chi connectivity index (χ4v) is 3.47. The Hall–Kier alpha value is -4.01. The third-order valence-electron chi connectivity index (χ3n) is 5.08. The zero-order valence-electron chi connectivity index (χ0n) is 18.0. The largest absolute Gasteiger partial charge is 0.353 e. The van der Waals surface area contributed by atoms with Gasteiger partial charge in [-0.2, -0.15) is 0 Å². The van der Waals surface area contributed by atoms with Crippen LogP contribution >= 0.6 is 0 Å². The maximum absolute atomic E-state index is 13.6. The second kappa shape index (κ2) is 8.62. The van der Waals surface area contributed by atoms with E-state index in [2.05, 4.69) is 20.7 Å². The van der Waals surface area contributed by atoms with Gasteiger partial charge >= 0.3 is 5.69 Å². The van der Waals surface area contributed by atoms with Crippen molar-refractivity contribution in [2.45, 2.75) is 33.7 Å². The van der Waals surface area contributed by atoms with Gasteiger partial charge in [0.25, 0.3) is 0 Å². The molecule has 0 saturated heterocycles. The Morgan fingerprint density at radius 2 is 1.91 bits per heavy atom. The number of para-hydroxylation sites is 1. The van der Waals surface area contributed by atoms with Gasteiger partial charge in [-0.3, -0.25) is 4.79 Å². The van der Waals surface area contributed by atoms with E-state index in [1.807, 2.05) is 31.2 Å². The second-order valence-corrected chi connectivity index (χ2v) is 7.50. The van der Waals surface area contributed by atoms with Crippen LogP contribution in [0.3, 0.4) is 0 Å². The van der Waals surface area contributed by atoms with Gasteiger partial charge in [0.1, 0.15) is 12.4 Å². The SMILES string of the molecule is CCc1ccccc1NC(=O)Cn1nc2cc(C)nc(Nc3ccc(F)c(C)c3)n2c1=O. The smallest absolute Gasteiger partial charge is 0.325 e. The topological polar surface area (TPSA) is 93.3 Å². The molecule has 0 aliphatic carbocycles. The van der Waals surface area contributed by atoms with E-state index in [0.29, 0.717) is 28.3 Å². The van der Waals surface area contributed by atoms with Crippen LogP contribution in [0.15, 0.2) is 53.3 Å². The predicted molar refractivity (Wildman–Crippen MR) is 121 cm³/mol. The van der Waals surface area contributed by atoms with Crippen molar-refractivity contribution in [3.8, 4) is 0 Å². The Bertz CT molecular complexity index is 1370. The maximum atomic E-state index is 13.6. The van der Waals surface area contributed by atoms with Crippen LogP contribution in [-0.4, -0.2) is 25.1 Å². The molecule has 164 valence electrons. The van der Waals surface area contributed by atoms with Crippen LogP contribution in [0.4, 0.5) is 21.7 Å². The third-order valence-corrected chi connectivity index (χ3v) is 5.08. The van der Waals surface area contributed by atoms with Crippen molar-refractivity contribution in [2.75, 3.05) is 10.6 Å². The summed E-state index contributed by atoms with van der Waals surface area (Å²) < 4.78 is 16.0. The molecule has 0 fully saturated rings. The second-order valence-electron chi connectivity index (χ2n) is 7.50. The summed E-state index contributed by atoms with van der Waals surface area (Å²) in [5, 5.41) is 10.2. The van der Waals surface area contributed by atoms with Crippen LogP contribution in [0.2, 0.25) is 0 Å². The molecule has 8 nitrogen and oxygen atoms in total. The summed E-state index contributed by atoms with van der Waals surface area (Å²) in [7, 11) is 0. The molecule has 4 rings (SSSR count). The number of rotatable bonds is 6. The van der Waals surface area contributed by atoms with Gasteiger partial charge in [-0.25, -0.2) is 23.3 Å². The first-order valence-corrected chi connectivity index (χ1v) is 10.2. The normalized spacial score (nSPS) is 11.0. The number of amides is 1. The first-order valence-electron chi connectivity index (χ1n) is 10.2. The zero-order valence-corrected chi connectivity index (χ0v) is 18.0. The highest BCUT2D eigenvalue weighted by Gasteiger charge is 2.16. The lowest BCUT2D eigenvalue weighted by molar-refractivity contribution is -0.117. The summed E-state index contributed by atoms with van der Waals surface area (Å²) in [6, 6.07) is 13.7. The molecule has 0 spiro atoms. The van der Waals surface area contributed by atoms with Gasteiger partial charge in [0.2, 0.25) is 11.9 Å². The molecule has 0 saturated carbocycles. The van der Waals surface area contributed by atoms with Crippen molar-refractivity contribution in [3.63, 3.8) is 0 Å². The number of aromatic nitrogens is 4. The van der Waals surface area contributed by atoms with Gasteiger partial charge < -0.3 is 10.6 Å². The summed E-state index contributed by atoms with van der Waals surface area (Å²) in [6.07, 6.45) is 0.771. The van der Waals surface area contributed by atoms with E-state index in [1.54, 1.807) is 32.0 Å². The Balaban J connectivity index is 1.64. The number of hydrogen-bond donors (Lipinski definition) is 2. The average molecular weight is 434 g/mol. The van der Waals surface area contributed by atoms with E-state index in [0.717, 1.165) is 16.7 Å². The average Bonchev–Trinajstić information content (AvgIpc) is 3.06. The van der Waals surface area contributed by atoms with Crippen LogP contribution in [0, 0.1) is 19.7 Å². The number of fused-ring (bicyclic) bond motifs is 1. The number of aryl methyl sites for hydroxylation is 3. The molecular weight excluding hydrogens is 411 g/mol. The first-order chi connectivity index (χ1) is 15.4. The number of nitrogens with one attached hydrogen (secondary N) is 2. The monoisotopic (exact) mass is 434 g/mol. The van der Waals surface area contributed by atoms with Crippen molar-refractivity contribution >= 4 is 28.9 Å². The standard InChI is InChI=1S/C23H23FN6O2/c1-4-16-7-5-6-8-19(16)27-21(31)13-29-23(32)30-20(28-29)12-15(3)25-22(30)26-17-9-10-18(24)14(2)11-17/h5-12H,4,13H2,1-3H3,(H,25,26)(H,27,31). The van der Waals surface area contributed by atoms with Gasteiger partial charge in [0.15, 0.2) is 5.65 Å². The van der Waals surface area contributed by atoms with Gasteiger partial charge in [0.05, 0.1) is 0 Å². The molecule has 9 heteroatoms. The highest BCUT2D eigenvalue weighted by molar-refractivity contribution is 5.91. The Labute approximate surface area is 183 Å². The molecule has 0 radical (unpaired) electrons. The first kappa shape index (κ1) is 21.2. The predicted octanol–water partition coefficient (Wildman–Crippen LogP) is 3.59. The molecule has 0 aliphatic heterocycles. The van der Waals surface area contributed by atoms with Crippen molar-refractivity contribution in [1.82, 2.24) is 19.2 Å². The Morgan fingerprint density at radius 3 is 2.66 bits per heavy atom. The molecule has 2 heterocycles. The van der Waals surface area contributed by atoms with Crippen molar-refractivity contribution in [1.29, 1.82) is 0 Å². The molecule has 0 atom stereocenters. The van der Waals surface area contributed by atoms with Gasteiger partial charge in [-0.05, 0) is 55.7 Å². The van der Waals surface area contributed by atoms with Crippen molar-refractivity contribution in [3.05, 3.63) is 81.7 Å². The Morgan fingerprint density at radius 1 is 1.12 bits per heavy atom. The van der Waals surface area contributed by atoms with Crippen LogP contribution < -0.4 is 16.3 Å². The quantitative estimate of drug-likeness (QED) is 0.484. The molecule has 32 heavy (non-hydrogen) atoms. The van der Waals surface area contributed by atoms with E-state index < -0.39 is 5.69 Å². The van der Waals surface area contributed by atoms with Gasteiger partial charge in [-0.1, -0.05) is 25.1 Å². The van der Waals surface area contributed by atoms with Crippen LogP contribution in [-0.2, 0) is 17.8 Å². The lowest BCUT2D eigenvalue weighted by Crippen LogP contribution is -2.29. The molecule has 4 aromatic rings. The lowest BCUT2D eigenvalue weighted by atomic mass is 10.1. The summed E-state index contributed by atoms with van der Waals surface area (Å²) in [5.41, 5.74) is 3.24. The number of carbonyl (C=O) groups is 1. The molecule has 0 unspecified atom stereocenters. The molecule has 1 amide bonds. The van der Waals surface area contributed by atoms with E-state index in [1.165, 1.54) is 10.5 Å². The van der Waals surface area contributed by atoms with E-state index >= 15 is 0 Å². The minimum atomic E-state index is -0.507. The summed E-state index contributed by atoms with van der Waals surface area (Å²) in [5.74, 6) is -0.442. The number of hydrogen-bond acceptors (Lipinski definition) is 5. The summed E-state index contributed by atoms with van der Waals surface area (Å²) in [4.78, 5) is 30.0. The summed E-state index contributed by atoms with van der Waals surface area (Å²) >= 11 is 0.